The molecule has 0 aliphatic carbocycles. The molecule has 0 saturated carbocycles. The first kappa shape index (κ1) is 6970. The van der Waals surface area contributed by atoms with Gasteiger partial charge in [-0.2, -0.15) is 0 Å². The van der Waals surface area contributed by atoms with Gasteiger partial charge >= 0.3 is 0 Å². The number of hydrogen-bond acceptors (Lipinski definition) is 0. The molecule has 0 aromatic heterocycles. The molecular weight excluding hydrogens is 193 g/mol. The van der Waals surface area contributed by atoms with Gasteiger partial charge in [-0.05, 0) is 0 Å². The molecule has 9 heteroatoms. The summed E-state index contributed by atoms with van der Waals surface area (Å²) in [7, 11) is 0. The van der Waals surface area contributed by atoms with Crippen LogP contribution in [0.25, 0.3) is 0 Å². The van der Waals surface area contributed by atoms with Crippen LogP contribution in [0.4, 0.5) is 0 Å². The fourth-order valence-electron chi connectivity index (χ4n) is 0. The molecule has 0 saturated heterocycles. The molecule has 0 amide bonds. The van der Waals surface area contributed by atoms with Crippen molar-refractivity contribution in [3.05, 3.63) is 0 Å². The Morgan fingerprint density at radius 1 is 0.222 bits per heavy atom. The zero-order chi connectivity index (χ0) is 0. The summed E-state index contributed by atoms with van der Waals surface area (Å²) in [6.07, 6.45) is 0. The molecule has 0 spiro atoms. The van der Waals surface area contributed by atoms with E-state index in [0.717, 1.165) is 0 Å². The smallest absolute Gasteiger partial charge is 0 e. The minimum atomic E-state index is 0. The van der Waals surface area contributed by atoms with Crippen molar-refractivity contribution in [3.63, 3.8) is 0 Å². The summed E-state index contributed by atoms with van der Waals surface area (Å²) in [6.45, 7) is 0. The van der Waals surface area contributed by atoms with Gasteiger partial charge < -0.3 is 43.8 Å². The van der Waals surface area contributed by atoms with Crippen LogP contribution in [-0.2, 0) is 19.5 Å². The molecule has 0 aromatic carbocycles. The van der Waals surface area contributed by atoms with E-state index in [0.29, 0.717) is 0 Å². The van der Waals surface area contributed by atoms with Crippen LogP contribution < -0.4 is 0 Å². The first-order chi connectivity index (χ1) is 0. The maximum absolute atomic E-state index is 0. The summed E-state index contributed by atoms with van der Waals surface area (Å²) in [6, 6.07) is 0. The van der Waals surface area contributed by atoms with Gasteiger partial charge in [0.1, 0.15) is 0 Å². The molecule has 0 unspecified atom stereocenters. The van der Waals surface area contributed by atoms with E-state index >= 15 is 0 Å². The van der Waals surface area contributed by atoms with E-state index in [1.54, 1.807) is 0 Å². The van der Waals surface area contributed by atoms with E-state index in [2.05, 4.69) is 0 Å². The summed E-state index contributed by atoms with van der Waals surface area (Å²) in [4.78, 5) is 0. The molecule has 0 aromatic rings. The molecule has 0 atom stereocenters. The fourth-order valence-corrected chi connectivity index (χ4v) is 0. The van der Waals surface area contributed by atoms with Crippen LogP contribution in [0.3, 0.4) is 0 Å². The molecule has 0 radical (unpaired) electrons. The molecule has 16 N–H and O–H groups in total. The van der Waals surface area contributed by atoms with Crippen LogP contribution in [0.1, 0.15) is 0 Å². The van der Waals surface area contributed by atoms with Crippen molar-refractivity contribution >= 4 is 0 Å². The molecular formula is H16O8Zn. The third-order valence-corrected chi connectivity index (χ3v) is 0. The van der Waals surface area contributed by atoms with Crippen LogP contribution >= 0.6 is 0 Å². The second-order valence-electron chi connectivity index (χ2n) is 0. The average Bonchev–Trinajstić information content (AvgIpc) is 0. The second-order valence-corrected chi connectivity index (χ2v) is 0. The molecule has 0 rings (SSSR count). The van der Waals surface area contributed by atoms with E-state index in [9.17, 15) is 0 Å². The maximum Gasteiger partial charge on any atom is 0 e. The van der Waals surface area contributed by atoms with Crippen LogP contribution in [0, 0.1) is 0 Å². The van der Waals surface area contributed by atoms with Crippen molar-refractivity contribution in [2.45, 2.75) is 0 Å². The van der Waals surface area contributed by atoms with Gasteiger partial charge in [0, 0.05) is 19.5 Å². The third kappa shape index (κ3) is 3580. The zero-order valence-electron chi connectivity index (χ0n) is 4.71. The van der Waals surface area contributed by atoms with E-state index in [4.69, 9.17) is 0 Å². The minimum absolute atomic E-state index is 0. The van der Waals surface area contributed by atoms with E-state index in [-0.39, 0.29) is 63.3 Å². The molecule has 0 heterocycles. The van der Waals surface area contributed by atoms with Crippen molar-refractivity contribution in [3.8, 4) is 0 Å². The van der Waals surface area contributed by atoms with Gasteiger partial charge in [0.2, 0.25) is 0 Å². The van der Waals surface area contributed by atoms with Gasteiger partial charge in [-0.15, -0.1) is 0 Å². The summed E-state index contributed by atoms with van der Waals surface area (Å²) < 4.78 is 0. The van der Waals surface area contributed by atoms with Crippen molar-refractivity contribution < 1.29 is 63.3 Å². The fraction of sp³-hybridized carbons (Fsp3) is 0. The van der Waals surface area contributed by atoms with Crippen molar-refractivity contribution in [2.75, 3.05) is 0 Å². The quantitative estimate of drug-likeness (QED) is 0.337. The summed E-state index contributed by atoms with van der Waals surface area (Å²) in [5.41, 5.74) is 0. The molecule has 9 heavy (non-hydrogen) atoms. The van der Waals surface area contributed by atoms with Gasteiger partial charge in [-0.25, -0.2) is 0 Å². The van der Waals surface area contributed by atoms with Gasteiger partial charge in [0.25, 0.3) is 0 Å². The Balaban J connectivity index is 0. The van der Waals surface area contributed by atoms with Crippen LogP contribution in [-0.4, -0.2) is 43.8 Å². The van der Waals surface area contributed by atoms with Gasteiger partial charge in [0.15, 0.2) is 0 Å². The van der Waals surface area contributed by atoms with Crippen LogP contribution in [0.5, 0.6) is 0 Å². The Hall–Kier alpha value is 0.303. The minimum Gasteiger partial charge on any atom is -0.412 e. The second kappa shape index (κ2) is 4810. The van der Waals surface area contributed by atoms with E-state index in [1.165, 1.54) is 0 Å². The normalized spacial score (nSPS) is 0. The van der Waals surface area contributed by atoms with Crippen molar-refractivity contribution in [1.82, 2.24) is 0 Å². The first-order valence-corrected chi connectivity index (χ1v) is 0. The Bertz CT molecular complexity index is 4.53. The van der Waals surface area contributed by atoms with Crippen LogP contribution in [0.2, 0.25) is 0 Å². The molecule has 66 valence electrons. The van der Waals surface area contributed by atoms with Gasteiger partial charge in [0.05, 0.1) is 0 Å². The van der Waals surface area contributed by atoms with E-state index in [1.807, 2.05) is 0 Å². The largest absolute Gasteiger partial charge is 0.412 e. The standard InChI is InChI=1S/8H2O.Zn/h8*1H2;. The zero-order valence-corrected chi connectivity index (χ0v) is 7.67. The Kier molecular flexibility index (Phi) is 3730000. The van der Waals surface area contributed by atoms with Crippen molar-refractivity contribution in [1.29, 1.82) is 0 Å². The third-order valence-electron chi connectivity index (χ3n) is 0. The molecule has 8 nitrogen and oxygen atoms in total. The maximum atomic E-state index is 0. The Morgan fingerprint density at radius 2 is 0.222 bits per heavy atom. The predicted octanol–water partition coefficient (Wildman–Crippen LogP) is -6.60. The molecule has 0 bridgehead atoms. The number of rotatable bonds is 0. The average molecular weight is 210 g/mol. The monoisotopic (exact) mass is 208 g/mol. The Labute approximate surface area is 64.1 Å². The predicted molar refractivity (Wildman–Crippen MR) is 28.9 cm³/mol. The molecule has 0 aliphatic heterocycles. The molecule has 0 aliphatic rings. The van der Waals surface area contributed by atoms with Gasteiger partial charge in [-0.3, -0.25) is 0 Å². The first-order valence-electron chi connectivity index (χ1n) is 0. The van der Waals surface area contributed by atoms with Crippen molar-refractivity contribution in [2.24, 2.45) is 0 Å². The van der Waals surface area contributed by atoms with Gasteiger partial charge in [-0.1, -0.05) is 0 Å². The SMILES string of the molecule is O.O.O.O.O.O.O.O.[Zn]. The van der Waals surface area contributed by atoms with E-state index < -0.39 is 0 Å². The summed E-state index contributed by atoms with van der Waals surface area (Å²) in [5.74, 6) is 0. The van der Waals surface area contributed by atoms with Crippen LogP contribution in [0.15, 0.2) is 0 Å². The summed E-state index contributed by atoms with van der Waals surface area (Å²) in [5, 5.41) is 0. The Morgan fingerprint density at radius 3 is 0.222 bits per heavy atom. The molecule has 0 fully saturated rings. The number of hydrogen-bond donors (Lipinski definition) is 0. The summed E-state index contributed by atoms with van der Waals surface area (Å²) >= 11 is 0. The topological polar surface area (TPSA) is 252 Å².